The minimum Gasteiger partial charge on any atom is -0.492 e. The maximum Gasteiger partial charge on any atom is 0.310 e. The van der Waals surface area contributed by atoms with Crippen LogP contribution in [0.2, 0.25) is 5.02 Å². The van der Waals surface area contributed by atoms with E-state index >= 15 is 0 Å². The van der Waals surface area contributed by atoms with Gasteiger partial charge in [0.15, 0.2) is 0 Å². The number of carboxylic acid groups (broad SMARTS) is 1. The van der Waals surface area contributed by atoms with E-state index in [-0.39, 0.29) is 0 Å². The molecule has 0 radical (unpaired) electrons. The van der Waals surface area contributed by atoms with E-state index < -0.39 is 18.0 Å². The third-order valence-corrected chi connectivity index (χ3v) is 4.10. The van der Waals surface area contributed by atoms with Crippen molar-refractivity contribution in [3.8, 4) is 5.75 Å². The molecule has 0 aliphatic rings. The monoisotopic (exact) mass is 363 g/mol. The van der Waals surface area contributed by atoms with Crippen LogP contribution in [0.25, 0.3) is 0 Å². The van der Waals surface area contributed by atoms with Gasteiger partial charge in [-0.15, -0.1) is 0 Å². The summed E-state index contributed by atoms with van der Waals surface area (Å²) in [5.74, 6) is -0.710. The molecule has 0 aliphatic carbocycles. The largest absolute Gasteiger partial charge is 0.492 e. The number of hydrogen-bond donors (Lipinski definition) is 3. The highest BCUT2D eigenvalue weighted by Crippen LogP contribution is 2.19. The molecule has 3 N–H and O–H groups in total. The molecule has 0 bridgehead atoms. The number of rotatable bonds is 9. The number of benzene rings is 2. The van der Waals surface area contributed by atoms with Gasteiger partial charge in [0.05, 0.1) is 12.0 Å². The average molecular weight is 364 g/mol. The van der Waals surface area contributed by atoms with Crippen molar-refractivity contribution >= 4 is 17.6 Å². The number of aliphatic carboxylic acids is 1. The molecule has 2 atom stereocenters. The summed E-state index contributed by atoms with van der Waals surface area (Å²) in [5, 5.41) is 22.8. The van der Waals surface area contributed by atoms with Crippen molar-refractivity contribution in [3.05, 3.63) is 64.7 Å². The van der Waals surface area contributed by atoms with Crippen molar-refractivity contribution in [2.24, 2.45) is 0 Å². The van der Waals surface area contributed by atoms with Crippen molar-refractivity contribution in [1.29, 1.82) is 0 Å². The molecule has 6 heteroatoms. The molecule has 0 heterocycles. The van der Waals surface area contributed by atoms with Crippen LogP contribution in [-0.2, 0) is 4.79 Å². The van der Waals surface area contributed by atoms with Gasteiger partial charge in [-0.2, -0.15) is 0 Å². The number of nitrogens with one attached hydrogen (secondary N) is 1. The lowest BCUT2D eigenvalue weighted by molar-refractivity contribution is -0.138. The number of aliphatic hydroxyl groups excluding tert-OH is 1. The smallest absolute Gasteiger partial charge is 0.310 e. The first-order chi connectivity index (χ1) is 12.0. The van der Waals surface area contributed by atoms with Crippen LogP contribution in [-0.4, -0.2) is 35.9 Å². The molecule has 2 unspecified atom stereocenters. The van der Waals surface area contributed by atoms with Crippen molar-refractivity contribution < 1.29 is 19.7 Å². The Morgan fingerprint density at radius 3 is 2.56 bits per heavy atom. The summed E-state index contributed by atoms with van der Waals surface area (Å²) in [6.07, 6.45) is -0.629. The highest BCUT2D eigenvalue weighted by atomic mass is 35.5. The fourth-order valence-corrected chi connectivity index (χ4v) is 2.51. The first-order valence-electron chi connectivity index (χ1n) is 8.07. The summed E-state index contributed by atoms with van der Waals surface area (Å²) in [4.78, 5) is 10.9. The standard InChI is InChI=1S/C19H22ClNO4/c1-13(19(23)24)14-5-7-17(8-6-14)25-10-9-21-12-18(22)15-3-2-4-16(20)11-15/h2-8,11,13,18,21-22H,9-10,12H2,1H3,(H,23,24). The maximum absolute atomic E-state index is 10.9. The van der Waals surface area contributed by atoms with Crippen LogP contribution < -0.4 is 10.1 Å². The van der Waals surface area contributed by atoms with Crippen LogP contribution in [0.5, 0.6) is 5.75 Å². The molecule has 0 aliphatic heterocycles. The fraction of sp³-hybridized carbons (Fsp3) is 0.316. The van der Waals surface area contributed by atoms with Crippen LogP contribution >= 0.6 is 11.6 Å². The van der Waals surface area contributed by atoms with E-state index in [0.717, 1.165) is 11.1 Å². The van der Waals surface area contributed by atoms with Crippen LogP contribution in [0, 0.1) is 0 Å². The predicted octanol–water partition coefficient (Wildman–Crippen LogP) is 3.23. The average Bonchev–Trinajstić information content (AvgIpc) is 2.61. The molecule has 2 aromatic rings. The van der Waals surface area contributed by atoms with Crippen LogP contribution in [0.15, 0.2) is 48.5 Å². The Bertz CT molecular complexity index is 690. The highest BCUT2D eigenvalue weighted by Gasteiger charge is 2.13. The zero-order valence-electron chi connectivity index (χ0n) is 14.0. The lowest BCUT2D eigenvalue weighted by atomic mass is 10.0. The molecule has 25 heavy (non-hydrogen) atoms. The van der Waals surface area contributed by atoms with Gasteiger partial charge in [-0.25, -0.2) is 0 Å². The first-order valence-corrected chi connectivity index (χ1v) is 8.45. The Kier molecular flexibility index (Phi) is 7.25. The topological polar surface area (TPSA) is 78.8 Å². The molecule has 2 rings (SSSR count). The summed E-state index contributed by atoms with van der Waals surface area (Å²) in [6.45, 7) is 3.06. The predicted molar refractivity (Wildman–Crippen MR) is 97.3 cm³/mol. The number of ether oxygens (including phenoxy) is 1. The molecule has 0 saturated carbocycles. The zero-order valence-corrected chi connectivity index (χ0v) is 14.7. The molecule has 0 fully saturated rings. The minimum atomic E-state index is -0.851. The van der Waals surface area contributed by atoms with Crippen LogP contribution in [0.1, 0.15) is 30.1 Å². The van der Waals surface area contributed by atoms with E-state index in [9.17, 15) is 9.90 Å². The molecule has 0 aromatic heterocycles. The quantitative estimate of drug-likeness (QED) is 0.596. The Morgan fingerprint density at radius 2 is 1.92 bits per heavy atom. The van der Waals surface area contributed by atoms with Crippen molar-refractivity contribution in [2.75, 3.05) is 19.7 Å². The number of carbonyl (C=O) groups is 1. The molecule has 2 aromatic carbocycles. The normalized spacial score (nSPS) is 13.2. The van der Waals surface area contributed by atoms with Gasteiger partial charge in [0, 0.05) is 18.1 Å². The summed E-state index contributed by atoms with van der Waals surface area (Å²) in [6, 6.07) is 14.2. The second-order valence-electron chi connectivity index (χ2n) is 5.75. The first kappa shape index (κ1) is 19.2. The molecule has 5 nitrogen and oxygen atoms in total. The maximum atomic E-state index is 10.9. The van der Waals surface area contributed by atoms with Gasteiger partial charge in [-0.05, 0) is 42.3 Å². The van der Waals surface area contributed by atoms with Crippen LogP contribution in [0.3, 0.4) is 0 Å². The minimum absolute atomic E-state index is 0.402. The van der Waals surface area contributed by atoms with Crippen molar-refractivity contribution in [2.45, 2.75) is 18.9 Å². The van der Waals surface area contributed by atoms with Gasteiger partial charge >= 0.3 is 5.97 Å². The van der Waals surface area contributed by atoms with E-state index in [4.69, 9.17) is 21.4 Å². The Balaban J connectivity index is 1.70. The highest BCUT2D eigenvalue weighted by molar-refractivity contribution is 6.30. The fourth-order valence-electron chi connectivity index (χ4n) is 2.31. The molecular formula is C19H22ClNO4. The molecule has 134 valence electrons. The van der Waals surface area contributed by atoms with Crippen molar-refractivity contribution in [3.63, 3.8) is 0 Å². The number of halogens is 1. The number of aliphatic hydroxyl groups is 1. The summed E-state index contributed by atoms with van der Waals surface area (Å²) >= 11 is 5.90. The third kappa shape index (κ3) is 6.05. The lowest BCUT2D eigenvalue weighted by Gasteiger charge is -2.13. The summed E-state index contributed by atoms with van der Waals surface area (Å²) in [5.41, 5.74) is 1.51. The second kappa shape index (κ2) is 9.42. The van der Waals surface area contributed by atoms with Gasteiger partial charge in [-0.3, -0.25) is 4.79 Å². The lowest BCUT2D eigenvalue weighted by Crippen LogP contribution is -2.26. The SMILES string of the molecule is CC(C(=O)O)c1ccc(OCCNCC(O)c2cccc(Cl)c2)cc1. The number of hydrogen-bond acceptors (Lipinski definition) is 4. The van der Waals surface area contributed by atoms with E-state index in [1.165, 1.54) is 0 Å². The van der Waals surface area contributed by atoms with Gasteiger partial charge in [-0.1, -0.05) is 35.9 Å². The van der Waals surface area contributed by atoms with E-state index in [1.807, 2.05) is 6.07 Å². The zero-order chi connectivity index (χ0) is 18.2. The third-order valence-electron chi connectivity index (χ3n) is 3.87. The summed E-state index contributed by atoms with van der Waals surface area (Å²) < 4.78 is 5.60. The van der Waals surface area contributed by atoms with Gasteiger partial charge in [0.1, 0.15) is 12.4 Å². The van der Waals surface area contributed by atoms with E-state index in [2.05, 4.69) is 5.32 Å². The number of carboxylic acids is 1. The van der Waals surface area contributed by atoms with E-state index in [0.29, 0.717) is 30.5 Å². The van der Waals surface area contributed by atoms with E-state index in [1.54, 1.807) is 49.4 Å². The Hall–Kier alpha value is -2.08. The summed E-state index contributed by atoms with van der Waals surface area (Å²) in [7, 11) is 0. The molecule has 0 spiro atoms. The molecule has 0 amide bonds. The van der Waals surface area contributed by atoms with Gasteiger partial charge in [0.2, 0.25) is 0 Å². The second-order valence-corrected chi connectivity index (χ2v) is 6.19. The van der Waals surface area contributed by atoms with Crippen molar-refractivity contribution in [1.82, 2.24) is 5.32 Å². The van der Waals surface area contributed by atoms with Crippen LogP contribution in [0.4, 0.5) is 0 Å². The molecular weight excluding hydrogens is 342 g/mol. The Labute approximate surface area is 152 Å². The Morgan fingerprint density at radius 1 is 1.20 bits per heavy atom. The van der Waals surface area contributed by atoms with Gasteiger partial charge < -0.3 is 20.3 Å². The molecule has 0 saturated heterocycles. The van der Waals surface area contributed by atoms with Gasteiger partial charge in [0.25, 0.3) is 0 Å².